The van der Waals surface area contributed by atoms with Crippen molar-refractivity contribution in [2.24, 2.45) is 17.6 Å². The van der Waals surface area contributed by atoms with Crippen LogP contribution >= 0.6 is 11.3 Å². The van der Waals surface area contributed by atoms with Gasteiger partial charge in [-0.25, -0.2) is 9.37 Å². The van der Waals surface area contributed by atoms with E-state index < -0.39 is 5.91 Å². The van der Waals surface area contributed by atoms with Gasteiger partial charge in [0, 0.05) is 24.3 Å². The molecular formula is C21H22FN7OS. The molecule has 0 radical (unpaired) electrons. The summed E-state index contributed by atoms with van der Waals surface area (Å²) >= 11 is 1.37. The third kappa shape index (κ3) is 5.02. The molecule has 1 amide bonds. The minimum Gasteiger partial charge on any atom is -0.368 e. The number of thiazole rings is 1. The highest BCUT2D eigenvalue weighted by molar-refractivity contribution is 7.15. The van der Waals surface area contributed by atoms with E-state index in [1.807, 2.05) is 12.1 Å². The second kappa shape index (κ2) is 9.17. The molecule has 4 aromatic heterocycles. The van der Waals surface area contributed by atoms with Crippen LogP contribution in [-0.2, 0) is 0 Å². The summed E-state index contributed by atoms with van der Waals surface area (Å²) in [4.78, 5) is 20.1. The monoisotopic (exact) mass is 439 g/mol. The zero-order valence-corrected chi connectivity index (χ0v) is 17.7. The number of anilines is 1. The highest BCUT2D eigenvalue weighted by atomic mass is 32.1. The topological polar surface area (TPSA) is 111 Å². The standard InChI is InChI=1S/C16H18N6OS.C5H4FN/c1-9-4-10(5-9)6-18-14-3-2-11(20-21-14)12-7-22-13(15(17)23)8-24-16(22)19-12;6-5-2-1-3-7-4-5/h2-3,7-10H,4-6H2,1H3,(H2,17,23)(H,18,21);1-4H. The second-order valence-electron chi connectivity index (χ2n) is 7.56. The number of nitrogens with one attached hydrogen (secondary N) is 1. The van der Waals surface area contributed by atoms with E-state index in [1.165, 1.54) is 42.6 Å². The summed E-state index contributed by atoms with van der Waals surface area (Å²) in [6.45, 7) is 3.23. The van der Waals surface area contributed by atoms with Gasteiger partial charge in [0.05, 0.1) is 6.20 Å². The fraction of sp³-hybridized carbons (Fsp3) is 0.286. The summed E-state index contributed by atoms with van der Waals surface area (Å²) in [6.07, 6.45) is 7.03. The molecule has 0 unspecified atom stereocenters. The maximum absolute atomic E-state index is 11.8. The molecule has 0 aromatic carbocycles. The molecule has 3 N–H and O–H groups in total. The largest absolute Gasteiger partial charge is 0.368 e. The van der Waals surface area contributed by atoms with Gasteiger partial charge >= 0.3 is 0 Å². The van der Waals surface area contributed by atoms with Crippen molar-refractivity contribution in [2.75, 3.05) is 11.9 Å². The van der Waals surface area contributed by atoms with E-state index in [4.69, 9.17) is 5.73 Å². The smallest absolute Gasteiger partial charge is 0.266 e. The minimum absolute atomic E-state index is 0.289. The fourth-order valence-corrected chi connectivity index (χ4v) is 4.34. The normalized spacial score (nSPS) is 17.5. The quantitative estimate of drug-likeness (QED) is 0.491. The number of hydrogen-bond donors (Lipinski definition) is 2. The van der Waals surface area contributed by atoms with Crippen LogP contribution in [-0.4, -0.2) is 37.0 Å². The summed E-state index contributed by atoms with van der Waals surface area (Å²) < 4.78 is 13.5. The molecule has 10 heteroatoms. The van der Waals surface area contributed by atoms with Crippen LogP contribution in [0.3, 0.4) is 0 Å². The van der Waals surface area contributed by atoms with E-state index in [0.29, 0.717) is 22.0 Å². The van der Waals surface area contributed by atoms with Gasteiger partial charge in [0.1, 0.15) is 28.7 Å². The van der Waals surface area contributed by atoms with Crippen molar-refractivity contribution in [3.8, 4) is 11.4 Å². The Morgan fingerprint density at radius 1 is 1.29 bits per heavy atom. The molecule has 8 nitrogen and oxygen atoms in total. The molecule has 0 aliphatic heterocycles. The molecule has 1 aliphatic carbocycles. The number of amides is 1. The van der Waals surface area contributed by atoms with Gasteiger partial charge < -0.3 is 11.1 Å². The molecule has 0 atom stereocenters. The van der Waals surface area contributed by atoms with Crippen LogP contribution in [0.4, 0.5) is 10.2 Å². The van der Waals surface area contributed by atoms with Crippen LogP contribution in [0, 0.1) is 17.7 Å². The lowest BCUT2D eigenvalue weighted by Gasteiger charge is -2.32. The van der Waals surface area contributed by atoms with Crippen molar-refractivity contribution in [3.63, 3.8) is 0 Å². The summed E-state index contributed by atoms with van der Waals surface area (Å²) in [6, 6.07) is 6.70. The van der Waals surface area contributed by atoms with Gasteiger partial charge in [-0.15, -0.1) is 21.5 Å². The van der Waals surface area contributed by atoms with Crippen LogP contribution < -0.4 is 11.1 Å². The first-order chi connectivity index (χ1) is 15.0. The number of rotatable bonds is 5. The number of halogens is 1. The highest BCUT2D eigenvalue weighted by Crippen LogP contribution is 2.32. The van der Waals surface area contributed by atoms with E-state index >= 15 is 0 Å². The first kappa shape index (κ1) is 20.9. The molecule has 4 heterocycles. The number of fused-ring (bicyclic) bond motifs is 1. The molecule has 5 rings (SSSR count). The van der Waals surface area contributed by atoms with Gasteiger partial charge in [-0.3, -0.25) is 14.2 Å². The number of primary amides is 1. The molecular weight excluding hydrogens is 417 g/mol. The van der Waals surface area contributed by atoms with Crippen LogP contribution in [0.5, 0.6) is 0 Å². The van der Waals surface area contributed by atoms with Crippen LogP contribution in [0.15, 0.2) is 48.2 Å². The first-order valence-corrected chi connectivity index (χ1v) is 10.8. The third-order valence-electron chi connectivity index (χ3n) is 5.06. The zero-order valence-electron chi connectivity index (χ0n) is 16.9. The number of imidazole rings is 1. The van der Waals surface area contributed by atoms with E-state index in [1.54, 1.807) is 22.0 Å². The number of hydrogen-bond acceptors (Lipinski definition) is 7. The maximum Gasteiger partial charge on any atom is 0.266 e. The Morgan fingerprint density at radius 2 is 2.13 bits per heavy atom. The maximum atomic E-state index is 11.8. The Hall–Kier alpha value is -3.40. The minimum atomic E-state index is -0.471. The number of carbonyl (C=O) groups is 1. The number of nitrogens with two attached hydrogens (primary N) is 1. The van der Waals surface area contributed by atoms with Gasteiger partial charge in [0.15, 0.2) is 4.96 Å². The van der Waals surface area contributed by atoms with Crippen molar-refractivity contribution < 1.29 is 9.18 Å². The summed E-state index contributed by atoms with van der Waals surface area (Å²) in [5, 5.41) is 13.5. The van der Waals surface area contributed by atoms with Crippen molar-refractivity contribution >= 4 is 28.0 Å². The van der Waals surface area contributed by atoms with Gasteiger partial charge in [-0.05, 0) is 48.9 Å². The fourth-order valence-electron chi connectivity index (χ4n) is 3.47. The molecule has 1 fully saturated rings. The predicted molar refractivity (Wildman–Crippen MR) is 117 cm³/mol. The van der Waals surface area contributed by atoms with Crippen molar-refractivity contribution in [1.29, 1.82) is 0 Å². The van der Waals surface area contributed by atoms with Gasteiger partial charge in [-0.1, -0.05) is 6.92 Å². The Labute approximate surface area is 182 Å². The Bertz CT molecular complexity index is 1150. The highest BCUT2D eigenvalue weighted by Gasteiger charge is 2.24. The summed E-state index contributed by atoms with van der Waals surface area (Å²) in [5.74, 6) is 1.61. The second-order valence-corrected chi connectivity index (χ2v) is 8.40. The van der Waals surface area contributed by atoms with Crippen LogP contribution in [0.1, 0.15) is 30.3 Å². The van der Waals surface area contributed by atoms with Crippen molar-refractivity contribution in [2.45, 2.75) is 19.8 Å². The average Bonchev–Trinajstić information content (AvgIpc) is 3.32. The lowest BCUT2D eigenvalue weighted by molar-refractivity contribution is 0.0995. The van der Waals surface area contributed by atoms with E-state index in [2.05, 4.69) is 32.4 Å². The lowest BCUT2D eigenvalue weighted by Crippen LogP contribution is -2.27. The Balaban J connectivity index is 0.000000282. The number of aromatic nitrogens is 5. The Kier molecular flexibility index (Phi) is 6.17. The first-order valence-electron chi connectivity index (χ1n) is 9.89. The molecule has 0 bridgehead atoms. The molecule has 160 valence electrons. The number of pyridine rings is 1. The Morgan fingerprint density at radius 3 is 2.71 bits per heavy atom. The average molecular weight is 440 g/mol. The van der Waals surface area contributed by atoms with Gasteiger partial charge in [0.2, 0.25) is 0 Å². The van der Waals surface area contributed by atoms with Gasteiger partial charge in [-0.2, -0.15) is 0 Å². The van der Waals surface area contributed by atoms with Crippen LogP contribution in [0.2, 0.25) is 0 Å². The molecule has 0 spiro atoms. The lowest BCUT2D eigenvalue weighted by atomic mass is 9.76. The molecule has 1 aliphatic rings. The third-order valence-corrected chi connectivity index (χ3v) is 5.90. The SMILES string of the molecule is CC1CC(CNc2ccc(-c3cn4c(C(N)=O)csc4n3)nn2)C1.Fc1cccnc1. The van der Waals surface area contributed by atoms with Crippen molar-refractivity contribution in [1.82, 2.24) is 24.6 Å². The van der Waals surface area contributed by atoms with Gasteiger partial charge in [0.25, 0.3) is 5.91 Å². The van der Waals surface area contributed by atoms with E-state index in [-0.39, 0.29) is 5.82 Å². The molecule has 31 heavy (non-hydrogen) atoms. The number of nitrogens with zero attached hydrogens (tertiary/aromatic N) is 5. The van der Waals surface area contributed by atoms with Crippen LogP contribution in [0.25, 0.3) is 16.3 Å². The van der Waals surface area contributed by atoms with E-state index in [9.17, 15) is 9.18 Å². The molecule has 4 aromatic rings. The molecule has 1 saturated carbocycles. The zero-order chi connectivity index (χ0) is 21.8. The summed E-state index contributed by atoms with van der Waals surface area (Å²) in [5.41, 5.74) is 7.13. The van der Waals surface area contributed by atoms with Crippen molar-refractivity contribution in [3.05, 3.63) is 59.7 Å². The predicted octanol–water partition coefficient (Wildman–Crippen LogP) is 3.63. The number of carbonyl (C=O) groups excluding carboxylic acids is 1. The summed E-state index contributed by atoms with van der Waals surface area (Å²) in [7, 11) is 0. The van der Waals surface area contributed by atoms with E-state index in [0.717, 1.165) is 24.2 Å². The molecule has 0 saturated heterocycles.